The SMILES string of the molecule is Cc1c2c(c(C)c3c1C3)C[C-]=C2.[CH3-].[I][V][I].[Y]. The largest absolute Gasteiger partial charge is 0 e. The van der Waals surface area contributed by atoms with Crippen LogP contribution < -0.4 is 0 Å². The molecule has 0 saturated heterocycles. The monoisotopic (exact) mass is 564 g/mol. The zero-order chi connectivity index (χ0) is 11.0. The van der Waals surface area contributed by atoms with Crippen molar-refractivity contribution in [1.82, 2.24) is 0 Å². The summed E-state index contributed by atoms with van der Waals surface area (Å²) in [5, 5.41) is 0. The summed E-state index contributed by atoms with van der Waals surface area (Å²) in [7, 11) is 0.628. The Labute approximate surface area is 159 Å². The van der Waals surface area contributed by atoms with Gasteiger partial charge in [-0.15, -0.1) is 17.5 Å². The molecule has 0 atom stereocenters. The number of allylic oxidation sites excluding steroid dienone is 1. The van der Waals surface area contributed by atoms with E-state index in [9.17, 15) is 0 Å². The Morgan fingerprint density at radius 1 is 1.12 bits per heavy atom. The van der Waals surface area contributed by atoms with Crippen LogP contribution in [0, 0.1) is 27.4 Å². The van der Waals surface area contributed by atoms with Crippen LogP contribution >= 0.6 is 40.0 Å². The van der Waals surface area contributed by atoms with Gasteiger partial charge in [0.2, 0.25) is 0 Å². The molecule has 0 fully saturated rings. The molecule has 0 aromatic heterocycles. The van der Waals surface area contributed by atoms with E-state index >= 15 is 0 Å². The first-order chi connectivity index (χ1) is 7.20. The average molecular weight is 564 g/mol. The summed E-state index contributed by atoms with van der Waals surface area (Å²) >= 11 is 4.74. The normalized spacial score (nSPS) is 12.2. The number of hydrogen-bond donors (Lipinski definition) is 0. The minimum atomic E-state index is 0. The van der Waals surface area contributed by atoms with Gasteiger partial charge in [0, 0.05) is 32.7 Å². The molecular weight excluding hydrogens is 550 g/mol. The molecule has 4 heteroatoms. The van der Waals surface area contributed by atoms with Gasteiger partial charge in [-0.25, -0.2) is 6.08 Å². The van der Waals surface area contributed by atoms with Gasteiger partial charge < -0.3 is 7.43 Å². The minimum Gasteiger partial charge on any atom is 0 e. The first-order valence-corrected chi connectivity index (χ1v) is 13.8. The minimum absolute atomic E-state index is 0. The maximum absolute atomic E-state index is 3.30. The molecule has 1 aromatic carbocycles. The summed E-state index contributed by atoms with van der Waals surface area (Å²) < 4.78 is 0. The van der Waals surface area contributed by atoms with E-state index in [0.29, 0.717) is 9.47 Å². The molecule has 0 amide bonds. The molecular formula is C13H14I2VY-2. The summed E-state index contributed by atoms with van der Waals surface area (Å²) in [5.74, 6) is 0. The fourth-order valence-corrected chi connectivity index (χ4v) is 2.30. The third-order valence-electron chi connectivity index (χ3n) is 3.21. The summed E-state index contributed by atoms with van der Waals surface area (Å²) in [5.41, 5.74) is 9.25. The van der Waals surface area contributed by atoms with Crippen molar-refractivity contribution >= 4 is 46.0 Å². The van der Waals surface area contributed by atoms with Crippen LogP contribution in [0.2, 0.25) is 0 Å². The Hall–Kier alpha value is 2.11. The topological polar surface area (TPSA) is 0 Å². The van der Waals surface area contributed by atoms with Gasteiger partial charge in [-0.05, 0) is 18.9 Å². The second kappa shape index (κ2) is 8.41. The molecule has 2 aliphatic rings. The van der Waals surface area contributed by atoms with Crippen molar-refractivity contribution in [1.29, 1.82) is 0 Å². The van der Waals surface area contributed by atoms with Crippen LogP contribution in [0.15, 0.2) is 0 Å². The number of benzene rings is 1. The van der Waals surface area contributed by atoms with Crippen molar-refractivity contribution in [2.24, 2.45) is 0 Å². The van der Waals surface area contributed by atoms with E-state index in [2.05, 4.69) is 66.0 Å². The van der Waals surface area contributed by atoms with E-state index in [4.69, 9.17) is 0 Å². The zero-order valence-electron chi connectivity index (χ0n) is 10.3. The molecule has 2 aliphatic carbocycles. The molecule has 0 bridgehead atoms. The molecule has 0 spiro atoms. The Bertz CT molecular complexity index is 442. The molecule has 0 N–H and O–H groups in total. The van der Waals surface area contributed by atoms with Gasteiger partial charge in [0.25, 0.3) is 0 Å². The fourth-order valence-electron chi connectivity index (χ4n) is 2.30. The third kappa shape index (κ3) is 4.04. The molecule has 90 valence electrons. The quantitative estimate of drug-likeness (QED) is 0.319. The molecule has 0 unspecified atom stereocenters. The maximum atomic E-state index is 3.30. The smallest absolute Gasteiger partial charge is 0 e. The first kappa shape index (κ1) is 19.1. The van der Waals surface area contributed by atoms with Crippen molar-refractivity contribution in [2.75, 3.05) is 0 Å². The van der Waals surface area contributed by atoms with Gasteiger partial charge in [0.15, 0.2) is 0 Å². The maximum Gasteiger partial charge on any atom is 0 e. The van der Waals surface area contributed by atoms with Gasteiger partial charge in [-0.2, -0.15) is 5.56 Å². The third-order valence-corrected chi connectivity index (χ3v) is 3.21. The number of fused-ring (bicyclic) bond motifs is 2. The predicted octanol–water partition coefficient (Wildman–Crippen LogP) is 4.80. The van der Waals surface area contributed by atoms with Crippen molar-refractivity contribution < 1.29 is 42.2 Å². The van der Waals surface area contributed by atoms with Crippen molar-refractivity contribution in [3.63, 3.8) is 0 Å². The van der Waals surface area contributed by atoms with Gasteiger partial charge in [0.1, 0.15) is 0 Å². The van der Waals surface area contributed by atoms with Crippen LogP contribution in [0.5, 0.6) is 0 Å². The number of halogens is 2. The fraction of sp³-hybridized carbons (Fsp3) is 0.308. The molecule has 0 heterocycles. The Balaban J connectivity index is 0.000000471. The van der Waals surface area contributed by atoms with Crippen molar-refractivity contribution in [3.05, 3.63) is 46.9 Å². The summed E-state index contributed by atoms with van der Waals surface area (Å²) in [4.78, 5) is 0. The number of rotatable bonds is 0. The predicted molar refractivity (Wildman–Crippen MR) is 84.6 cm³/mol. The van der Waals surface area contributed by atoms with Crippen LogP contribution in [-0.2, 0) is 55.0 Å². The molecule has 1 aromatic rings. The van der Waals surface area contributed by atoms with E-state index in [1.807, 2.05) is 0 Å². The second-order valence-electron chi connectivity index (χ2n) is 3.87. The standard InChI is InChI=1S/C12H11.CH3.2HI.V.Y/c1-7-9-4-3-5-10(9)8(2)12-6-11(7)12;;;;;/h4H,5-6H2,1-2H3;1H3;2*1H;;/q2*-1;;;+2;/p-2. The number of hydrogen-bond acceptors (Lipinski definition) is 0. The average Bonchev–Trinajstić information content (AvgIpc) is 2.85. The van der Waals surface area contributed by atoms with Crippen LogP contribution in [0.4, 0.5) is 0 Å². The Kier molecular flexibility index (Phi) is 9.45. The molecule has 3 rings (SSSR count). The van der Waals surface area contributed by atoms with E-state index in [0.717, 1.165) is 6.42 Å². The summed E-state index contributed by atoms with van der Waals surface area (Å²) in [6, 6.07) is 0. The van der Waals surface area contributed by atoms with Gasteiger partial charge in [-0.3, -0.25) is 6.08 Å². The van der Waals surface area contributed by atoms with Crippen LogP contribution in [0.25, 0.3) is 6.08 Å². The van der Waals surface area contributed by atoms with Gasteiger partial charge in [0.05, 0.1) is 0 Å². The van der Waals surface area contributed by atoms with E-state index in [-0.39, 0.29) is 40.1 Å². The van der Waals surface area contributed by atoms with E-state index in [1.165, 1.54) is 28.7 Å². The van der Waals surface area contributed by atoms with Crippen molar-refractivity contribution in [3.8, 4) is 0 Å². The Morgan fingerprint density at radius 2 is 1.65 bits per heavy atom. The van der Waals surface area contributed by atoms with E-state index in [1.54, 1.807) is 11.1 Å². The molecule has 1 radical (unpaired) electrons. The molecule has 0 aliphatic heterocycles. The molecule has 0 nitrogen and oxygen atoms in total. The van der Waals surface area contributed by atoms with Crippen molar-refractivity contribution in [2.45, 2.75) is 26.7 Å². The van der Waals surface area contributed by atoms with Gasteiger partial charge in [-0.1, -0.05) is 18.1 Å². The zero-order valence-corrected chi connectivity index (χ0v) is 18.8. The van der Waals surface area contributed by atoms with Crippen LogP contribution in [0.3, 0.4) is 0 Å². The summed E-state index contributed by atoms with van der Waals surface area (Å²) in [6.45, 7) is 4.50. The van der Waals surface area contributed by atoms with Crippen LogP contribution in [-0.4, -0.2) is 0 Å². The molecule has 17 heavy (non-hydrogen) atoms. The second-order valence-corrected chi connectivity index (χ2v) is 15.7. The summed E-state index contributed by atoms with van der Waals surface area (Å²) in [6.07, 6.45) is 7.75. The first-order valence-electron chi connectivity index (χ1n) is 4.83. The van der Waals surface area contributed by atoms with Crippen LogP contribution in [0.1, 0.15) is 33.4 Å². The van der Waals surface area contributed by atoms with Gasteiger partial charge >= 0.3 is 49.4 Å². The van der Waals surface area contributed by atoms with E-state index < -0.39 is 0 Å². The molecule has 0 saturated carbocycles. The Morgan fingerprint density at radius 3 is 2.24 bits per heavy atom.